The molecule has 0 bridgehead atoms. The van der Waals surface area contributed by atoms with Crippen molar-refractivity contribution < 1.29 is 0 Å². The highest BCUT2D eigenvalue weighted by atomic mass is 15.2. The van der Waals surface area contributed by atoms with Crippen LogP contribution >= 0.6 is 0 Å². The molecule has 1 aliphatic carbocycles. The molecule has 0 aromatic carbocycles. The van der Waals surface area contributed by atoms with Crippen LogP contribution in [0.5, 0.6) is 0 Å². The molecular weight excluding hydrogens is 262 g/mol. The fraction of sp³-hybridized carbons (Fsp3) is 0.750. The third-order valence-corrected chi connectivity index (χ3v) is 4.51. The van der Waals surface area contributed by atoms with Crippen molar-refractivity contribution in [1.82, 2.24) is 14.9 Å². The Kier molecular flexibility index (Phi) is 4.29. The van der Waals surface area contributed by atoms with E-state index in [2.05, 4.69) is 22.1 Å². The van der Waals surface area contributed by atoms with Gasteiger partial charge in [0, 0.05) is 24.1 Å². The standard InChI is InChI=1S/C16H27N5/c1-11(10-21-8-4-3-5-9-21)18-15-12(2)14(17)19-16(20-15)13-6-7-13/h11,13H,3-10H2,1-2H3,(H3,17,18,19,20). The largest absolute Gasteiger partial charge is 0.383 e. The molecule has 1 aromatic heterocycles. The average molecular weight is 289 g/mol. The summed E-state index contributed by atoms with van der Waals surface area (Å²) in [7, 11) is 0. The monoisotopic (exact) mass is 289 g/mol. The number of nitrogens with two attached hydrogens (primary N) is 1. The molecule has 116 valence electrons. The van der Waals surface area contributed by atoms with Gasteiger partial charge in [0.1, 0.15) is 17.5 Å². The second-order valence-corrected chi connectivity index (χ2v) is 6.62. The number of rotatable bonds is 5. The molecule has 1 atom stereocenters. The molecule has 0 radical (unpaired) electrons. The van der Waals surface area contributed by atoms with Gasteiger partial charge in [0.05, 0.1) is 0 Å². The summed E-state index contributed by atoms with van der Waals surface area (Å²) < 4.78 is 0. The predicted octanol–water partition coefficient (Wildman–Crippen LogP) is 2.53. The normalized spacial score (nSPS) is 21.2. The Hall–Kier alpha value is -1.36. The van der Waals surface area contributed by atoms with Crippen LogP contribution in [0.2, 0.25) is 0 Å². The van der Waals surface area contributed by atoms with Crippen LogP contribution in [0.25, 0.3) is 0 Å². The maximum Gasteiger partial charge on any atom is 0.136 e. The lowest BCUT2D eigenvalue weighted by Crippen LogP contribution is -2.38. The van der Waals surface area contributed by atoms with Crippen LogP contribution in [-0.2, 0) is 0 Å². The van der Waals surface area contributed by atoms with Gasteiger partial charge < -0.3 is 16.0 Å². The molecule has 1 unspecified atom stereocenters. The molecule has 1 aliphatic heterocycles. The summed E-state index contributed by atoms with van der Waals surface area (Å²) in [5.41, 5.74) is 7.02. The van der Waals surface area contributed by atoms with Gasteiger partial charge in [-0.2, -0.15) is 0 Å². The lowest BCUT2D eigenvalue weighted by Gasteiger charge is -2.29. The van der Waals surface area contributed by atoms with Crippen molar-refractivity contribution in [3.05, 3.63) is 11.4 Å². The van der Waals surface area contributed by atoms with Crippen molar-refractivity contribution in [3.8, 4) is 0 Å². The second-order valence-electron chi connectivity index (χ2n) is 6.62. The maximum absolute atomic E-state index is 6.05. The molecule has 5 nitrogen and oxygen atoms in total. The van der Waals surface area contributed by atoms with Crippen molar-refractivity contribution in [3.63, 3.8) is 0 Å². The lowest BCUT2D eigenvalue weighted by atomic mass is 10.1. The van der Waals surface area contributed by atoms with Crippen LogP contribution in [0.1, 0.15) is 56.3 Å². The van der Waals surface area contributed by atoms with E-state index in [9.17, 15) is 0 Å². The van der Waals surface area contributed by atoms with Crippen LogP contribution in [0.3, 0.4) is 0 Å². The van der Waals surface area contributed by atoms with Gasteiger partial charge in [-0.3, -0.25) is 0 Å². The van der Waals surface area contributed by atoms with Gasteiger partial charge in [-0.1, -0.05) is 6.42 Å². The lowest BCUT2D eigenvalue weighted by molar-refractivity contribution is 0.223. The molecule has 5 heteroatoms. The van der Waals surface area contributed by atoms with E-state index in [-0.39, 0.29) is 0 Å². The number of anilines is 2. The van der Waals surface area contributed by atoms with Gasteiger partial charge in [0.25, 0.3) is 0 Å². The number of piperidine rings is 1. The Labute approximate surface area is 127 Å². The van der Waals surface area contributed by atoms with Crippen LogP contribution in [0.15, 0.2) is 0 Å². The SMILES string of the molecule is Cc1c(N)nc(C2CC2)nc1NC(C)CN1CCCCC1. The van der Waals surface area contributed by atoms with E-state index in [1.807, 2.05) is 6.92 Å². The zero-order valence-electron chi connectivity index (χ0n) is 13.2. The van der Waals surface area contributed by atoms with E-state index < -0.39 is 0 Å². The zero-order valence-corrected chi connectivity index (χ0v) is 13.2. The Bertz CT molecular complexity index is 492. The summed E-state index contributed by atoms with van der Waals surface area (Å²) in [6, 6.07) is 0.378. The quantitative estimate of drug-likeness (QED) is 0.872. The van der Waals surface area contributed by atoms with Gasteiger partial charge in [0.2, 0.25) is 0 Å². The van der Waals surface area contributed by atoms with Crippen LogP contribution in [0, 0.1) is 6.92 Å². The summed E-state index contributed by atoms with van der Waals surface area (Å²) in [5, 5.41) is 3.55. The molecule has 21 heavy (non-hydrogen) atoms. The Morgan fingerprint density at radius 1 is 1.24 bits per heavy atom. The number of hydrogen-bond acceptors (Lipinski definition) is 5. The molecule has 3 rings (SSSR count). The van der Waals surface area contributed by atoms with Gasteiger partial charge in [-0.15, -0.1) is 0 Å². The third kappa shape index (κ3) is 3.64. The predicted molar refractivity (Wildman–Crippen MR) is 86.5 cm³/mol. The minimum atomic E-state index is 0.378. The van der Waals surface area contributed by atoms with Crippen molar-refractivity contribution in [2.45, 2.75) is 57.9 Å². The van der Waals surface area contributed by atoms with E-state index in [1.165, 1.54) is 45.2 Å². The topological polar surface area (TPSA) is 67.1 Å². The van der Waals surface area contributed by atoms with Crippen LogP contribution in [-0.4, -0.2) is 40.5 Å². The van der Waals surface area contributed by atoms with Crippen LogP contribution in [0.4, 0.5) is 11.6 Å². The van der Waals surface area contributed by atoms with Crippen molar-refractivity contribution >= 4 is 11.6 Å². The van der Waals surface area contributed by atoms with Crippen LogP contribution < -0.4 is 11.1 Å². The van der Waals surface area contributed by atoms with Gasteiger partial charge in [0.15, 0.2) is 0 Å². The number of likely N-dealkylation sites (tertiary alicyclic amines) is 1. The Balaban J connectivity index is 1.65. The molecule has 3 N–H and O–H groups in total. The summed E-state index contributed by atoms with van der Waals surface area (Å²) in [6.07, 6.45) is 6.44. The molecule has 2 aliphatic rings. The van der Waals surface area contributed by atoms with Gasteiger partial charge in [-0.05, 0) is 52.6 Å². The van der Waals surface area contributed by atoms with E-state index in [4.69, 9.17) is 10.7 Å². The van der Waals surface area contributed by atoms with E-state index in [0.29, 0.717) is 17.8 Å². The summed E-state index contributed by atoms with van der Waals surface area (Å²) in [4.78, 5) is 11.7. The van der Waals surface area contributed by atoms with E-state index in [1.54, 1.807) is 0 Å². The van der Waals surface area contributed by atoms with E-state index >= 15 is 0 Å². The number of nitrogens with one attached hydrogen (secondary N) is 1. The Morgan fingerprint density at radius 3 is 2.62 bits per heavy atom. The van der Waals surface area contributed by atoms with Crippen molar-refractivity contribution in [1.29, 1.82) is 0 Å². The van der Waals surface area contributed by atoms with E-state index in [0.717, 1.165) is 23.8 Å². The highest BCUT2D eigenvalue weighted by Crippen LogP contribution is 2.39. The molecule has 0 spiro atoms. The first kappa shape index (κ1) is 14.6. The molecule has 1 aromatic rings. The summed E-state index contributed by atoms with van der Waals surface area (Å²) in [5.74, 6) is 3.00. The Morgan fingerprint density at radius 2 is 1.95 bits per heavy atom. The molecule has 0 amide bonds. The fourth-order valence-electron chi connectivity index (χ4n) is 3.02. The first-order valence-electron chi connectivity index (χ1n) is 8.26. The number of nitrogens with zero attached hydrogens (tertiary/aromatic N) is 3. The summed E-state index contributed by atoms with van der Waals surface area (Å²) >= 11 is 0. The smallest absolute Gasteiger partial charge is 0.136 e. The number of aromatic nitrogens is 2. The summed E-state index contributed by atoms with van der Waals surface area (Å²) in [6.45, 7) is 7.75. The molecule has 2 fully saturated rings. The van der Waals surface area contributed by atoms with Crippen molar-refractivity contribution in [2.75, 3.05) is 30.7 Å². The second kappa shape index (κ2) is 6.18. The molecule has 1 saturated carbocycles. The minimum absolute atomic E-state index is 0.378. The molecule has 2 heterocycles. The first-order chi connectivity index (χ1) is 10.1. The number of hydrogen-bond donors (Lipinski definition) is 2. The maximum atomic E-state index is 6.05. The fourth-order valence-corrected chi connectivity index (χ4v) is 3.02. The molecular formula is C16H27N5. The highest BCUT2D eigenvalue weighted by molar-refractivity contribution is 5.55. The molecule has 1 saturated heterocycles. The number of nitrogen functional groups attached to an aromatic ring is 1. The highest BCUT2D eigenvalue weighted by Gasteiger charge is 2.28. The van der Waals surface area contributed by atoms with Crippen molar-refractivity contribution in [2.24, 2.45) is 0 Å². The van der Waals surface area contributed by atoms with Gasteiger partial charge in [-0.25, -0.2) is 9.97 Å². The third-order valence-electron chi connectivity index (χ3n) is 4.51. The van der Waals surface area contributed by atoms with Gasteiger partial charge >= 0.3 is 0 Å². The first-order valence-corrected chi connectivity index (χ1v) is 8.26. The minimum Gasteiger partial charge on any atom is -0.383 e. The average Bonchev–Trinajstić information content (AvgIpc) is 3.29. The zero-order chi connectivity index (χ0) is 14.8.